The van der Waals surface area contributed by atoms with Gasteiger partial charge in [0, 0.05) is 49.3 Å². The third-order valence-electron chi connectivity index (χ3n) is 8.09. The highest BCUT2D eigenvalue weighted by Crippen LogP contribution is 2.25. The Morgan fingerprint density at radius 1 is 1.05 bits per heavy atom. The van der Waals surface area contributed by atoms with E-state index < -0.39 is 11.0 Å². The summed E-state index contributed by atoms with van der Waals surface area (Å²) in [7, 11) is 0. The third kappa shape index (κ3) is 7.82. The topological polar surface area (TPSA) is 105 Å². The zero-order valence-electron chi connectivity index (χ0n) is 23.7. The van der Waals surface area contributed by atoms with Gasteiger partial charge in [-0.1, -0.05) is 72.8 Å². The molecule has 3 aromatic carbocycles. The number of allylic oxidation sites excluding steroid dienone is 1. The fourth-order valence-corrected chi connectivity index (χ4v) is 5.67. The maximum absolute atomic E-state index is 11.8. The average molecular weight is 568 g/mol. The summed E-state index contributed by atoms with van der Waals surface area (Å²) in [5.41, 5.74) is 3.08. The number of aromatic nitrogens is 2. The van der Waals surface area contributed by atoms with Crippen molar-refractivity contribution in [3.05, 3.63) is 118 Å². The Morgan fingerprint density at radius 2 is 1.76 bits per heavy atom. The SMILES string of the molecule is O=C(O)N(CC=CC1CCN(CCC(Cn2cc3ccccc3n2)c2ccccc2)CC1)Cc1ccc([N+](=O)[O-])cc1. The molecule has 0 saturated carbocycles. The molecule has 9 heteroatoms. The van der Waals surface area contributed by atoms with Crippen molar-refractivity contribution >= 4 is 22.7 Å². The molecule has 2 heterocycles. The number of benzene rings is 3. The van der Waals surface area contributed by atoms with E-state index in [9.17, 15) is 20.0 Å². The van der Waals surface area contributed by atoms with E-state index in [2.05, 4.69) is 64.3 Å². The molecule has 1 N–H and O–H groups in total. The maximum atomic E-state index is 11.8. The highest BCUT2D eigenvalue weighted by molar-refractivity contribution is 5.77. The predicted octanol–water partition coefficient (Wildman–Crippen LogP) is 6.57. The van der Waals surface area contributed by atoms with Crippen molar-refractivity contribution in [2.75, 3.05) is 26.2 Å². The molecular weight excluding hydrogens is 530 g/mol. The van der Waals surface area contributed by atoms with Gasteiger partial charge < -0.3 is 14.9 Å². The summed E-state index contributed by atoms with van der Waals surface area (Å²) in [6.45, 7) is 4.39. The first-order chi connectivity index (χ1) is 20.4. The number of non-ortho nitro benzene ring substituents is 1. The molecule has 0 aliphatic carbocycles. The molecule has 0 bridgehead atoms. The molecule has 42 heavy (non-hydrogen) atoms. The fraction of sp³-hybridized carbons (Fsp3) is 0.333. The molecule has 1 fully saturated rings. The molecule has 9 nitrogen and oxygen atoms in total. The van der Waals surface area contributed by atoms with Crippen LogP contribution in [0.15, 0.2) is 97.2 Å². The summed E-state index contributed by atoms with van der Waals surface area (Å²) in [6.07, 6.45) is 8.37. The highest BCUT2D eigenvalue weighted by atomic mass is 16.6. The molecule has 1 atom stereocenters. The molecule has 218 valence electrons. The molecule has 0 radical (unpaired) electrons. The Balaban J connectivity index is 1.10. The van der Waals surface area contributed by atoms with Crippen LogP contribution >= 0.6 is 0 Å². The van der Waals surface area contributed by atoms with Crippen LogP contribution in [0.5, 0.6) is 0 Å². The molecule has 1 saturated heterocycles. The van der Waals surface area contributed by atoms with Crippen molar-refractivity contribution in [3.63, 3.8) is 0 Å². The lowest BCUT2D eigenvalue weighted by atomic mass is 9.93. The van der Waals surface area contributed by atoms with Crippen LogP contribution in [0.3, 0.4) is 0 Å². The van der Waals surface area contributed by atoms with Crippen molar-refractivity contribution in [2.24, 2.45) is 5.92 Å². The van der Waals surface area contributed by atoms with Crippen molar-refractivity contribution < 1.29 is 14.8 Å². The van der Waals surface area contributed by atoms with Gasteiger partial charge >= 0.3 is 6.09 Å². The first-order valence-corrected chi connectivity index (χ1v) is 14.5. The van der Waals surface area contributed by atoms with Crippen LogP contribution in [0.25, 0.3) is 10.9 Å². The van der Waals surface area contributed by atoms with Crippen molar-refractivity contribution in [3.8, 4) is 0 Å². The molecule has 1 amide bonds. The van der Waals surface area contributed by atoms with Crippen LogP contribution in [-0.2, 0) is 13.1 Å². The number of piperidine rings is 1. The molecule has 5 rings (SSSR count). The number of hydrogen-bond acceptors (Lipinski definition) is 5. The zero-order valence-corrected chi connectivity index (χ0v) is 23.7. The molecule has 0 spiro atoms. The summed E-state index contributed by atoms with van der Waals surface area (Å²) in [5.74, 6) is 0.800. The minimum absolute atomic E-state index is 0.00552. The lowest BCUT2D eigenvalue weighted by Gasteiger charge is -2.32. The number of likely N-dealkylation sites (tertiary alicyclic amines) is 1. The molecule has 4 aromatic rings. The van der Waals surface area contributed by atoms with Gasteiger partial charge in [-0.2, -0.15) is 5.10 Å². The van der Waals surface area contributed by atoms with Gasteiger partial charge in [0.25, 0.3) is 5.69 Å². The van der Waals surface area contributed by atoms with E-state index in [1.165, 1.54) is 22.6 Å². The summed E-state index contributed by atoms with van der Waals surface area (Å²) < 4.78 is 2.08. The second kappa shape index (κ2) is 13.9. The van der Waals surface area contributed by atoms with Gasteiger partial charge in [0.05, 0.1) is 10.4 Å². The number of hydrogen-bond donors (Lipinski definition) is 1. The first kappa shape index (κ1) is 29.0. The number of rotatable bonds is 12. The van der Waals surface area contributed by atoms with E-state index in [-0.39, 0.29) is 18.8 Å². The predicted molar refractivity (Wildman–Crippen MR) is 163 cm³/mol. The van der Waals surface area contributed by atoms with Crippen molar-refractivity contribution in [1.29, 1.82) is 0 Å². The summed E-state index contributed by atoms with van der Waals surface area (Å²) in [5, 5.41) is 26.5. The van der Waals surface area contributed by atoms with Crippen LogP contribution in [0, 0.1) is 16.0 Å². The quantitative estimate of drug-likeness (QED) is 0.118. The Hall–Kier alpha value is -4.50. The van der Waals surface area contributed by atoms with Gasteiger partial charge in [-0.25, -0.2) is 4.79 Å². The van der Waals surface area contributed by atoms with E-state index in [1.807, 2.05) is 18.2 Å². The molecule has 1 aliphatic rings. The van der Waals surface area contributed by atoms with E-state index in [1.54, 1.807) is 12.1 Å². The van der Waals surface area contributed by atoms with E-state index in [4.69, 9.17) is 5.10 Å². The minimum atomic E-state index is -1.01. The van der Waals surface area contributed by atoms with Gasteiger partial charge in [0.15, 0.2) is 0 Å². The summed E-state index contributed by atoms with van der Waals surface area (Å²) >= 11 is 0. The number of amides is 1. The summed E-state index contributed by atoms with van der Waals surface area (Å²) in [4.78, 5) is 26.0. The van der Waals surface area contributed by atoms with E-state index >= 15 is 0 Å². The van der Waals surface area contributed by atoms with Crippen LogP contribution in [-0.4, -0.2) is 61.9 Å². The number of carbonyl (C=O) groups is 1. The lowest BCUT2D eigenvalue weighted by Crippen LogP contribution is -2.35. The number of carboxylic acid groups (broad SMARTS) is 1. The molecule has 1 aromatic heterocycles. The van der Waals surface area contributed by atoms with E-state index in [0.29, 0.717) is 11.8 Å². The smallest absolute Gasteiger partial charge is 0.407 e. The van der Waals surface area contributed by atoms with Gasteiger partial charge in [0.2, 0.25) is 0 Å². The van der Waals surface area contributed by atoms with Gasteiger partial charge in [0.1, 0.15) is 0 Å². The third-order valence-corrected chi connectivity index (χ3v) is 8.09. The highest BCUT2D eigenvalue weighted by Gasteiger charge is 2.20. The van der Waals surface area contributed by atoms with Gasteiger partial charge in [-0.05, 0) is 62.0 Å². The Bertz CT molecular complexity index is 1460. The lowest BCUT2D eigenvalue weighted by molar-refractivity contribution is -0.384. The monoisotopic (exact) mass is 567 g/mol. The van der Waals surface area contributed by atoms with Gasteiger partial charge in [-0.3, -0.25) is 14.8 Å². The Morgan fingerprint density at radius 3 is 2.45 bits per heavy atom. The average Bonchev–Trinajstić information content (AvgIpc) is 3.42. The number of nitro benzene ring substituents is 1. The Labute approximate surface area is 245 Å². The van der Waals surface area contributed by atoms with Crippen LogP contribution in [0.4, 0.5) is 10.5 Å². The largest absolute Gasteiger partial charge is 0.465 e. The fourth-order valence-electron chi connectivity index (χ4n) is 5.67. The van der Waals surface area contributed by atoms with E-state index in [0.717, 1.165) is 61.9 Å². The second-order valence-corrected chi connectivity index (χ2v) is 11.0. The molecule has 1 aliphatic heterocycles. The van der Waals surface area contributed by atoms with Gasteiger partial charge in [-0.15, -0.1) is 0 Å². The second-order valence-electron chi connectivity index (χ2n) is 11.0. The number of nitro groups is 1. The van der Waals surface area contributed by atoms with Crippen LogP contribution in [0.2, 0.25) is 0 Å². The number of nitrogens with zero attached hydrogens (tertiary/aromatic N) is 5. The van der Waals surface area contributed by atoms with Crippen molar-refractivity contribution in [1.82, 2.24) is 19.6 Å². The molecule has 1 unspecified atom stereocenters. The zero-order chi connectivity index (χ0) is 29.3. The van der Waals surface area contributed by atoms with Crippen molar-refractivity contribution in [2.45, 2.75) is 38.3 Å². The number of fused-ring (bicyclic) bond motifs is 1. The Kier molecular flexibility index (Phi) is 9.61. The normalized spacial score (nSPS) is 15.2. The van der Waals surface area contributed by atoms with Crippen LogP contribution in [0.1, 0.15) is 36.3 Å². The standard InChI is InChI=1S/C33H37N5O4/c39-33(40)36(23-27-12-14-31(15-13-27)38(41)42)19-6-7-26-16-20-35(21-17-26)22-18-29(28-8-2-1-3-9-28)24-37-25-30-10-4-5-11-32(30)34-37/h1-15,25-26,29H,16-24H2,(H,39,40). The summed E-state index contributed by atoms with van der Waals surface area (Å²) in [6, 6.07) is 25.0. The first-order valence-electron chi connectivity index (χ1n) is 14.5. The maximum Gasteiger partial charge on any atom is 0.407 e. The minimum Gasteiger partial charge on any atom is -0.465 e. The molecular formula is C33H37N5O4. The van der Waals surface area contributed by atoms with Crippen LogP contribution < -0.4 is 0 Å².